The second kappa shape index (κ2) is 9.60. The molecule has 0 aliphatic carbocycles. The van der Waals surface area contributed by atoms with Crippen LogP contribution < -0.4 is 5.73 Å². The predicted molar refractivity (Wildman–Crippen MR) is 88.8 cm³/mol. The molecule has 0 aliphatic rings. The van der Waals surface area contributed by atoms with Crippen LogP contribution in [-0.2, 0) is 11.3 Å². The summed E-state index contributed by atoms with van der Waals surface area (Å²) in [6.07, 6.45) is 2.60. The largest absolute Gasteiger partial charge is 0.340 e. The highest BCUT2D eigenvalue weighted by molar-refractivity contribution is 9.10. The molecule has 0 unspecified atom stereocenters. The van der Waals surface area contributed by atoms with Gasteiger partial charge in [0.05, 0.1) is 6.04 Å². The molecule has 114 valence electrons. The number of thioether (sulfide) groups is 1. The topological polar surface area (TPSA) is 46.3 Å². The average molecular weight is 386 g/mol. The normalized spacial score (nSPS) is 11.7. The number of likely N-dealkylation sites (N-methyl/N-ethyl adjacent to an activating group) is 1. The molecule has 0 heterocycles. The molecule has 0 aromatic heterocycles. The van der Waals surface area contributed by atoms with Crippen molar-refractivity contribution >= 4 is 46.0 Å². The van der Waals surface area contributed by atoms with Gasteiger partial charge in [0.15, 0.2) is 0 Å². The summed E-state index contributed by atoms with van der Waals surface area (Å²) in [4.78, 5) is 13.5. The number of amides is 1. The summed E-state index contributed by atoms with van der Waals surface area (Å²) in [7, 11) is 1.64. The van der Waals surface area contributed by atoms with Crippen LogP contribution in [0.5, 0.6) is 0 Å². The Kier molecular flexibility index (Phi) is 9.46. The van der Waals surface area contributed by atoms with Gasteiger partial charge in [-0.05, 0) is 36.6 Å². The van der Waals surface area contributed by atoms with Gasteiger partial charge in [0, 0.05) is 23.6 Å². The monoisotopic (exact) mass is 384 g/mol. The van der Waals surface area contributed by atoms with Gasteiger partial charge in [-0.25, -0.2) is 4.39 Å². The molecule has 1 aromatic carbocycles. The molecule has 0 saturated heterocycles. The van der Waals surface area contributed by atoms with Gasteiger partial charge >= 0.3 is 0 Å². The Balaban J connectivity index is 0.00000361. The zero-order valence-electron chi connectivity index (χ0n) is 11.4. The van der Waals surface area contributed by atoms with Gasteiger partial charge in [-0.2, -0.15) is 11.8 Å². The molecular weight excluding hydrogens is 367 g/mol. The third-order valence-electron chi connectivity index (χ3n) is 2.74. The number of hydrogen-bond acceptors (Lipinski definition) is 3. The third kappa shape index (κ3) is 5.99. The minimum absolute atomic E-state index is 0. The molecule has 1 amide bonds. The number of carbonyl (C=O) groups is 1. The van der Waals surface area contributed by atoms with Crippen molar-refractivity contribution in [2.24, 2.45) is 5.73 Å². The maximum absolute atomic E-state index is 13.6. The van der Waals surface area contributed by atoms with E-state index in [1.807, 2.05) is 6.26 Å². The van der Waals surface area contributed by atoms with Crippen molar-refractivity contribution in [2.75, 3.05) is 19.1 Å². The number of nitrogens with zero attached hydrogens (tertiary/aromatic N) is 1. The Morgan fingerprint density at radius 2 is 2.20 bits per heavy atom. The summed E-state index contributed by atoms with van der Waals surface area (Å²) >= 11 is 4.94. The first-order chi connectivity index (χ1) is 8.95. The molecule has 0 fully saturated rings. The Labute approximate surface area is 138 Å². The Morgan fingerprint density at radius 1 is 1.55 bits per heavy atom. The minimum atomic E-state index is -0.521. The summed E-state index contributed by atoms with van der Waals surface area (Å²) in [5, 5.41) is 0. The van der Waals surface area contributed by atoms with Crippen LogP contribution in [0.1, 0.15) is 12.0 Å². The first-order valence-electron chi connectivity index (χ1n) is 5.89. The van der Waals surface area contributed by atoms with Gasteiger partial charge in [0.2, 0.25) is 5.91 Å². The van der Waals surface area contributed by atoms with Gasteiger partial charge in [-0.1, -0.05) is 15.9 Å². The van der Waals surface area contributed by atoms with E-state index in [-0.39, 0.29) is 30.7 Å². The molecule has 0 spiro atoms. The number of benzene rings is 1. The van der Waals surface area contributed by atoms with Crippen molar-refractivity contribution in [3.8, 4) is 0 Å². The molecule has 0 saturated carbocycles. The van der Waals surface area contributed by atoms with Crippen LogP contribution in [0.15, 0.2) is 22.7 Å². The molecule has 0 bridgehead atoms. The van der Waals surface area contributed by atoms with Crippen LogP contribution in [0.3, 0.4) is 0 Å². The van der Waals surface area contributed by atoms with Gasteiger partial charge in [0.25, 0.3) is 0 Å². The Morgan fingerprint density at radius 3 is 2.80 bits per heavy atom. The number of halogens is 3. The number of hydrogen-bond donors (Lipinski definition) is 1. The number of carbonyl (C=O) groups excluding carboxylic acids is 1. The van der Waals surface area contributed by atoms with E-state index in [4.69, 9.17) is 5.73 Å². The SMILES string of the molecule is CSCC[C@H](N)C(=O)N(C)Cc1cc(Br)ccc1F.Cl. The van der Waals surface area contributed by atoms with E-state index in [9.17, 15) is 9.18 Å². The first-order valence-corrected chi connectivity index (χ1v) is 8.07. The molecule has 1 rings (SSSR count). The molecule has 0 aliphatic heterocycles. The molecule has 2 N–H and O–H groups in total. The molecular formula is C13H19BrClFN2OS. The summed E-state index contributed by atoms with van der Waals surface area (Å²) < 4.78 is 14.4. The summed E-state index contributed by atoms with van der Waals surface area (Å²) in [5.41, 5.74) is 6.29. The van der Waals surface area contributed by atoms with Crippen LogP contribution in [0.25, 0.3) is 0 Å². The van der Waals surface area contributed by atoms with Gasteiger partial charge in [-0.3, -0.25) is 4.79 Å². The van der Waals surface area contributed by atoms with Gasteiger partial charge < -0.3 is 10.6 Å². The van der Waals surface area contributed by atoms with E-state index in [0.29, 0.717) is 12.0 Å². The average Bonchev–Trinajstić information content (AvgIpc) is 2.39. The zero-order chi connectivity index (χ0) is 14.4. The van der Waals surface area contributed by atoms with E-state index in [1.54, 1.807) is 30.9 Å². The quantitative estimate of drug-likeness (QED) is 0.818. The Hall–Kier alpha value is -0.300. The lowest BCUT2D eigenvalue weighted by molar-refractivity contribution is -0.131. The molecule has 20 heavy (non-hydrogen) atoms. The van der Waals surface area contributed by atoms with Crippen LogP contribution in [0, 0.1) is 5.82 Å². The van der Waals surface area contributed by atoms with Crippen molar-refractivity contribution in [3.63, 3.8) is 0 Å². The van der Waals surface area contributed by atoms with Crippen molar-refractivity contribution < 1.29 is 9.18 Å². The van der Waals surface area contributed by atoms with E-state index in [1.165, 1.54) is 11.0 Å². The lowest BCUT2D eigenvalue weighted by atomic mass is 10.1. The van der Waals surface area contributed by atoms with E-state index >= 15 is 0 Å². The fraction of sp³-hybridized carbons (Fsp3) is 0.462. The van der Waals surface area contributed by atoms with Crippen molar-refractivity contribution in [1.82, 2.24) is 4.90 Å². The highest BCUT2D eigenvalue weighted by atomic mass is 79.9. The molecule has 1 aromatic rings. The van der Waals surface area contributed by atoms with E-state index in [0.717, 1.165) is 10.2 Å². The van der Waals surface area contributed by atoms with Crippen LogP contribution in [-0.4, -0.2) is 35.9 Å². The van der Waals surface area contributed by atoms with Crippen LogP contribution >= 0.6 is 40.1 Å². The second-order valence-electron chi connectivity index (χ2n) is 4.32. The maximum atomic E-state index is 13.6. The fourth-order valence-electron chi connectivity index (χ4n) is 1.65. The molecule has 7 heteroatoms. The second-order valence-corrected chi connectivity index (χ2v) is 6.22. The molecule has 1 atom stereocenters. The number of rotatable bonds is 6. The molecule has 3 nitrogen and oxygen atoms in total. The summed E-state index contributed by atoms with van der Waals surface area (Å²) in [6, 6.07) is 4.16. The predicted octanol–water partition coefficient (Wildman–Crippen LogP) is 3.05. The Bertz CT molecular complexity index is 450. The zero-order valence-corrected chi connectivity index (χ0v) is 14.7. The van der Waals surface area contributed by atoms with Crippen molar-refractivity contribution in [2.45, 2.75) is 19.0 Å². The number of nitrogens with two attached hydrogens (primary N) is 1. The lowest BCUT2D eigenvalue weighted by Crippen LogP contribution is -2.41. The third-order valence-corrected chi connectivity index (χ3v) is 3.88. The standard InChI is InChI=1S/C13H18BrFN2OS.ClH/c1-17(13(18)12(16)5-6-19-2)8-9-7-10(14)3-4-11(9)15;/h3-4,7,12H,5-6,8,16H2,1-2H3;1H/t12-;/m0./s1. The maximum Gasteiger partial charge on any atom is 0.239 e. The van der Waals surface area contributed by atoms with Crippen LogP contribution in [0.2, 0.25) is 0 Å². The molecule has 0 radical (unpaired) electrons. The smallest absolute Gasteiger partial charge is 0.239 e. The van der Waals surface area contributed by atoms with Crippen molar-refractivity contribution in [1.29, 1.82) is 0 Å². The van der Waals surface area contributed by atoms with E-state index in [2.05, 4.69) is 15.9 Å². The van der Waals surface area contributed by atoms with E-state index < -0.39 is 6.04 Å². The highest BCUT2D eigenvalue weighted by Gasteiger charge is 2.18. The lowest BCUT2D eigenvalue weighted by Gasteiger charge is -2.21. The summed E-state index contributed by atoms with van der Waals surface area (Å²) in [6.45, 7) is 0.219. The van der Waals surface area contributed by atoms with Crippen LogP contribution in [0.4, 0.5) is 4.39 Å². The minimum Gasteiger partial charge on any atom is -0.340 e. The van der Waals surface area contributed by atoms with Gasteiger partial charge in [-0.15, -0.1) is 12.4 Å². The van der Waals surface area contributed by atoms with Crippen molar-refractivity contribution in [3.05, 3.63) is 34.1 Å². The summed E-state index contributed by atoms with van der Waals surface area (Å²) in [5.74, 6) is 0.361. The fourth-order valence-corrected chi connectivity index (χ4v) is 2.55. The highest BCUT2D eigenvalue weighted by Crippen LogP contribution is 2.17. The first kappa shape index (κ1) is 19.7. The van der Waals surface area contributed by atoms with Gasteiger partial charge in [0.1, 0.15) is 5.82 Å².